The Labute approximate surface area is 154 Å². The van der Waals surface area contributed by atoms with E-state index in [2.05, 4.69) is 28.4 Å². The number of piperidine rings is 1. The summed E-state index contributed by atoms with van der Waals surface area (Å²) in [5.41, 5.74) is 4.79. The van der Waals surface area contributed by atoms with Crippen molar-refractivity contribution in [3.8, 4) is 5.75 Å². The van der Waals surface area contributed by atoms with Gasteiger partial charge in [-0.2, -0.15) is 0 Å². The lowest BCUT2D eigenvalue weighted by Crippen LogP contribution is -2.29. The molecule has 2 aliphatic rings. The molecule has 2 heterocycles. The minimum Gasteiger partial charge on any atom is -0.494 e. The number of hydrogen-bond donors (Lipinski definition) is 1. The second kappa shape index (κ2) is 7.24. The molecule has 0 spiro atoms. The van der Waals surface area contributed by atoms with E-state index in [9.17, 15) is 4.79 Å². The maximum atomic E-state index is 12.6. The normalized spacial score (nSPS) is 18.0. The lowest BCUT2D eigenvalue weighted by molar-refractivity contribution is -0.110. The van der Waals surface area contributed by atoms with E-state index in [1.54, 1.807) is 0 Å². The zero-order valence-corrected chi connectivity index (χ0v) is 15.1. The van der Waals surface area contributed by atoms with Crippen LogP contribution in [0.4, 0.5) is 11.4 Å². The number of carbonyl (C=O) groups excluding carboxylic acids is 1. The van der Waals surface area contributed by atoms with Crippen molar-refractivity contribution in [2.24, 2.45) is 0 Å². The van der Waals surface area contributed by atoms with Gasteiger partial charge < -0.3 is 15.0 Å². The first kappa shape index (κ1) is 16.7. The number of anilines is 2. The van der Waals surface area contributed by atoms with E-state index in [0.29, 0.717) is 12.2 Å². The molecule has 1 N–H and O–H groups in total. The standard InChI is InChI=1S/C22H24N2O2/c1-2-26-17-10-11-18-19(22(25)23-20(18)15-17)14-16-8-4-5-9-21(16)24-12-6-3-7-13-24/h4-5,8-11,14-15H,2-3,6-7,12-13H2,1H3,(H,23,25)/b19-14+. The van der Waals surface area contributed by atoms with Crippen molar-refractivity contribution in [1.29, 1.82) is 0 Å². The highest BCUT2D eigenvalue weighted by molar-refractivity contribution is 6.35. The lowest BCUT2D eigenvalue weighted by atomic mass is 10.0. The predicted octanol–water partition coefficient (Wildman–Crippen LogP) is 4.57. The minimum atomic E-state index is -0.0536. The van der Waals surface area contributed by atoms with Crippen molar-refractivity contribution < 1.29 is 9.53 Å². The summed E-state index contributed by atoms with van der Waals surface area (Å²) in [6.45, 7) is 4.73. The van der Waals surface area contributed by atoms with Gasteiger partial charge in [0.05, 0.1) is 12.3 Å². The van der Waals surface area contributed by atoms with Crippen molar-refractivity contribution in [2.75, 3.05) is 29.9 Å². The van der Waals surface area contributed by atoms with Gasteiger partial charge in [-0.3, -0.25) is 4.79 Å². The first-order chi connectivity index (χ1) is 12.8. The Morgan fingerprint density at radius 1 is 1.12 bits per heavy atom. The number of carbonyl (C=O) groups is 1. The number of rotatable bonds is 4. The van der Waals surface area contributed by atoms with E-state index in [-0.39, 0.29) is 5.91 Å². The van der Waals surface area contributed by atoms with Gasteiger partial charge in [0.15, 0.2) is 0 Å². The summed E-state index contributed by atoms with van der Waals surface area (Å²) in [5, 5.41) is 2.96. The van der Waals surface area contributed by atoms with E-state index in [1.807, 2.05) is 37.3 Å². The molecule has 0 atom stereocenters. The molecule has 0 radical (unpaired) electrons. The number of nitrogens with zero attached hydrogens (tertiary/aromatic N) is 1. The molecule has 4 rings (SSSR count). The molecule has 0 saturated carbocycles. The zero-order valence-electron chi connectivity index (χ0n) is 15.1. The van der Waals surface area contributed by atoms with E-state index >= 15 is 0 Å². The van der Waals surface area contributed by atoms with Crippen LogP contribution in [-0.4, -0.2) is 25.6 Å². The molecule has 1 fully saturated rings. The van der Waals surface area contributed by atoms with Crippen molar-refractivity contribution >= 4 is 28.9 Å². The first-order valence-corrected chi connectivity index (χ1v) is 9.40. The Morgan fingerprint density at radius 3 is 2.73 bits per heavy atom. The minimum absolute atomic E-state index is 0.0536. The quantitative estimate of drug-likeness (QED) is 0.823. The molecular formula is C22H24N2O2. The third kappa shape index (κ3) is 3.19. The molecule has 0 unspecified atom stereocenters. The Hall–Kier alpha value is -2.75. The van der Waals surface area contributed by atoms with Crippen LogP contribution in [-0.2, 0) is 4.79 Å². The van der Waals surface area contributed by atoms with Crippen LogP contribution in [0.15, 0.2) is 42.5 Å². The van der Waals surface area contributed by atoms with Gasteiger partial charge in [-0.1, -0.05) is 18.2 Å². The average Bonchev–Trinajstić information content (AvgIpc) is 2.98. The van der Waals surface area contributed by atoms with Crippen molar-refractivity contribution in [3.63, 3.8) is 0 Å². The van der Waals surface area contributed by atoms with Gasteiger partial charge in [-0.15, -0.1) is 0 Å². The summed E-state index contributed by atoms with van der Waals surface area (Å²) in [6.07, 6.45) is 5.78. The van der Waals surface area contributed by atoms with Crippen LogP contribution in [0.3, 0.4) is 0 Å². The average molecular weight is 348 g/mol. The fourth-order valence-corrected chi connectivity index (χ4v) is 3.76. The summed E-state index contributed by atoms with van der Waals surface area (Å²) >= 11 is 0. The Balaban J connectivity index is 1.71. The fraction of sp³-hybridized carbons (Fsp3) is 0.318. The van der Waals surface area contributed by atoms with Gasteiger partial charge in [0, 0.05) is 36.0 Å². The second-order valence-corrected chi connectivity index (χ2v) is 6.76. The van der Waals surface area contributed by atoms with Gasteiger partial charge in [0.1, 0.15) is 5.75 Å². The van der Waals surface area contributed by atoms with Gasteiger partial charge >= 0.3 is 0 Å². The molecule has 2 aromatic rings. The van der Waals surface area contributed by atoms with E-state index < -0.39 is 0 Å². The van der Waals surface area contributed by atoms with Crippen LogP contribution in [0.1, 0.15) is 37.3 Å². The Morgan fingerprint density at radius 2 is 1.92 bits per heavy atom. The molecule has 4 heteroatoms. The van der Waals surface area contributed by atoms with Crippen LogP contribution in [0.25, 0.3) is 11.6 Å². The zero-order chi connectivity index (χ0) is 17.9. The highest BCUT2D eigenvalue weighted by atomic mass is 16.5. The third-order valence-corrected chi connectivity index (χ3v) is 5.02. The molecular weight excluding hydrogens is 324 g/mol. The molecule has 1 amide bonds. The van der Waals surface area contributed by atoms with Gasteiger partial charge in [0.25, 0.3) is 5.91 Å². The smallest absolute Gasteiger partial charge is 0.256 e. The van der Waals surface area contributed by atoms with Crippen LogP contribution in [0.5, 0.6) is 5.75 Å². The van der Waals surface area contributed by atoms with E-state index in [1.165, 1.54) is 24.9 Å². The topological polar surface area (TPSA) is 41.6 Å². The molecule has 4 nitrogen and oxygen atoms in total. The number of hydrogen-bond acceptors (Lipinski definition) is 3. The Bertz CT molecular complexity index is 851. The molecule has 2 aromatic carbocycles. The highest BCUT2D eigenvalue weighted by Gasteiger charge is 2.25. The molecule has 134 valence electrons. The monoisotopic (exact) mass is 348 g/mol. The first-order valence-electron chi connectivity index (χ1n) is 9.40. The molecule has 0 bridgehead atoms. The lowest BCUT2D eigenvalue weighted by Gasteiger charge is -2.30. The van der Waals surface area contributed by atoms with E-state index in [0.717, 1.165) is 35.7 Å². The van der Waals surface area contributed by atoms with Crippen molar-refractivity contribution in [3.05, 3.63) is 53.6 Å². The maximum absolute atomic E-state index is 12.6. The van der Waals surface area contributed by atoms with Crippen LogP contribution < -0.4 is 15.0 Å². The second-order valence-electron chi connectivity index (χ2n) is 6.76. The number of ether oxygens (including phenoxy) is 1. The number of amides is 1. The van der Waals surface area contributed by atoms with Gasteiger partial charge in [-0.05, 0) is 56.0 Å². The van der Waals surface area contributed by atoms with Gasteiger partial charge in [0.2, 0.25) is 0 Å². The summed E-state index contributed by atoms with van der Waals surface area (Å²) in [6, 6.07) is 14.1. The highest BCUT2D eigenvalue weighted by Crippen LogP contribution is 2.37. The molecule has 2 aliphatic heterocycles. The molecule has 0 aliphatic carbocycles. The number of para-hydroxylation sites is 1. The number of benzene rings is 2. The summed E-state index contributed by atoms with van der Waals surface area (Å²) in [5.74, 6) is 0.726. The predicted molar refractivity (Wildman–Crippen MR) is 107 cm³/mol. The van der Waals surface area contributed by atoms with Crippen LogP contribution >= 0.6 is 0 Å². The summed E-state index contributed by atoms with van der Waals surface area (Å²) in [4.78, 5) is 15.0. The van der Waals surface area contributed by atoms with Gasteiger partial charge in [-0.25, -0.2) is 0 Å². The largest absolute Gasteiger partial charge is 0.494 e. The van der Waals surface area contributed by atoms with Crippen molar-refractivity contribution in [2.45, 2.75) is 26.2 Å². The SMILES string of the molecule is CCOc1ccc2c(c1)NC(=O)/C2=C/c1ccccc1N1CCCCC1. The van der Waals surface area contributed by atoms with Crippen molar-refractivity contribution in [1.82, 2.24) is 0 Å². The molecule has 1 saturated heterocycles. The van der Waals surface area contributed by atoms with Crippen LogP contribution in [0.2, 0.25) is 0 Å². The molecule has 26 heavy (non-hydrogen) atoms. The number of nitrogens with one attached hydrogen (secondary N) is 1. The number of fused-ring (bicyclic) bond motifs is 1. The maximum Gasteiger partial charge on any atom is 0.256 e. The van der Waals surface area contributed by atoms with Crippen LogP contribution in [0, 0.1) is 0 Å². The Kier molecular flexibility index (Phi) is 4.65. The third-order valence-electron chi connectivity index (χ3n) is 5.02. The molecule has 0 aromatic heterocycles. The fourth-order valence-electron chi connectivity index (χ4n) is 3.76. The summed E-state index contributed by atoms with van der Waals surface area (Å²) in [7, 11) is 0. The summed E-state index contributed by atoms with van der Waals surface area (Å²) < 4.78 is 5.54. The van der Waals surface area contributed by atoms with E-state index in [4.69, 9.17) is 4.74 Å².